The number of carbonyl (C=O) groups is 1. The molecule has 0 aromatic rings. The summed E-state index contributed by atoms with van der Waals surface area (Å²) in [7, 11) is -4.26. The van der Waals surface area contributed by atoms with Crippen molar-refractivity contribution in [2.45, 2.75) is 232 Å². The highest BCUT2D eigenvalue weighted by Gasteiger charge is 2.24. The van der Waals surface area contributed by atoms with E-state index >= 15 is 0 Å². The van der Waals surface area contributed by atoms with Crippen molar-refractivity contribution < 1.29 is 32.8 Å². The van der Waals surface area contributed by atoms with Gasteiger partial charge in [0.25, 0.3) is 0 Å². The molecule has 3 N–H and O–H groups in total. The third-order valence-corrected chi connectivity index (χ3v) is 10.8. The summed E-state index contributed by atoms with van der Waals surface area (Å²) in [5.41, 5.74) is 5.37. The zero-order valence-electron chi connectivity index (χ0n) is 34.3. The Balaban J connectivity index is 4.01. The topological polar surface area (TPSA) is 117 Å². The summed E-state index contributed by atoms with van der Waals surface area (Å²) in [5, 5.41) is 0. The lowest BCUT2D eigenvalue weighted by Crippen LogP contribution is -2.25. The van der Waals surface area contributed by atoms with Gasteiger partial charge in [0.05, 0.1) is 19.5 Å². The van der Waals surface area contributed by atoms with E-state index in [0.29, 0.717) is 6.42 Å². The molecule has 0 aromatic carbocycles. The lowest BCUT2D eigenvalue weighted by atomic mass is 10.0. The maximum Gasteiger partial charge on any atom is 0.472 e. The van der Waals surface area contributed by atoms with Crippen LogP contribution in [0.1, 0.15) is 226 Å². The molecule has 0 saturated heterocycles. The van der Waals surface area contributed by atoms with Crippen LogP contribution in [0, 0.1) is 0 Å². The summed E-state index contributed by atoms with van der Waals surface area (Å²) in [4.78, 5) is 22.3. The molecular weight excluding hydrogens is 673 g/mol. The van der Waals surface area contributed by atoms with E-state index in [9.17, 15) is 14.3 Å². The highest BCUT2D eigenvalue weighted by Crippen LogP contribution is 2.43. The van der Waals surface area contributed by atoms with E-state index in [4.69, 9.17) is 24.3 Å². The molecule has 0 aliphatic rings. The molecule has 8 nitrogen and oxygen atoms in total. The van der Waals surface area contributed by atoms with Gasteiger partial charge in [-0.1, -0.05) is 200 Å². The molecule has 0 aromatic heterocycles. The average Bonchev–Trinajstić information content (AvgIpc) is 3.14. The van der Waals surface area contributed by atoms with Crippen molar-refractivity contribution in [1.82, 2.24) is 0 Å². The zero-order valence-corrected chi connectivity index (χ0v) is 35.2. The smallest absolute Gasteiger partial charge is 0.472 e. The van der Waals surface area contributed by atoms with Gasteiger partial charge in [0, 0.05) is 13.0 Å². The van der Waals surface area contributed by atoms with Crippen molar-refractivity contribution in [3.63, 3.8) is 0 Å². The van der Waals surface area contributed by atoms with Crippen LogP contribution in [0.4, 0.5) is 0 Å². The lowest BCUT2D eigenvalue weighted by molar-refractivity contribution is -0.147. The number of carbonyl (C=O) groups excluding carboxylic acids is 1. The van der Waals surface area contributed by atoms with Gasteiger partial charge in [-0.05, 0) is 25.3 Å². The summed E-state index contributed by atoms with van der Waals surface area (Å²) in [5.74, 6) is -0.285. The number of phosphoric ester groups is 1. The number of ether oxygens (including phenoxy) is 2. The molecule has 0 rings (SSSR count). The van der Waals surface area contributed by atoms with Crippen LogP contribution in [0.5, 0.6) is 0 Å². The second-order valence-electron chi connectivity index (χ2n) is 15.0. The molecule has 310 valence electrons. The maximum absolute atomic E-state index is 12.4. The highest BCUT2D eigenvalue weighted by molar-refractivity contribution is 7.47. The van der Waals surface area contributed by atoms with Crippen molar-refractivity contribution >= 4 is 13.8 Å². The zero-order chi connectivity index (χ0) is 38.1. The molecule has 9 heteroatoms. The molecule has 0 saturated carbocycles. The molecule has 2 atom stereocenters. The van der Waals surface area contributed by atoms with Gasteiger partial charge in [-0.15, -0.1) is 0 Å². The van der Waals surface area contributed by atoms with E-state index in [1.807, 2.05) is 6.08 Å². The van der Waals surface area contributed by atoms with Crippen molar-refractivity contribution in [2.24, 2.45) is 5.73 Å². The number of unbranched alkanes of at least 4 members (excludes halogenated alkanes) is 30. The number of hydrogen-bond acceptors (Lipinski definition) is 7. The molecule has 0 fully saturated rings. The fourth-order valence-electron chi connectivity index (χ4n) is 6.45. The summed E-state index contributed by atoms with van der Waals surface area (Å²) >= 11 is 0. The predicted octanol–water partition coefficient (Wildman–Crippen LogP) is 13.4. The van der Waals surface area contributed by atoms with Crippen LogP contribution in [0.3, 0.4) is 0 Å². The van der Waals surface area contributed by atoms with Gasteiger partial charge in [-0.25, -0.2) is 4.57 Å². The number of allylic oxidation sites excluding steroid dienone is 1. The first-order valence-corrected chi connectivity index (χ1v) is 23.7. The van der Waals surface area contributed by atoms with E-state index in [-0.39, 0.29) is 32.3 Å². The van der Waals surface area contributed by atoms with Gasteiger partial charge in [-0.3, -0.25) is 13.8 Å². The summed E-state index contributed by atoms with van der Waals surface area (Å²) in [6, 6.07) is 0. The average molecular weight is 760 g/mol. The Morgan fingerprint density at radius 2 is 0.962 bits per heavy atom. The van der Waals surface area contributed by atoms with E-state index in [2.05, 4.69) is 13.8 Å². The van der Waals surface area contributed by atoms with E-state index in [0.717, 1.165) is 32.1 Å². The van der Waals surface area contributed by atoms with Crippen LogP contribution < -0.4 is 5.73 Å². The molecular formula is C43H86NO7P. The number of rotatable bonds is 43. The number of hydrogen-bond donors (Lipinski definition) is 2. The number of esters is 1. The Labute approximate surface area is 322 Å². The van der Waals surface area contributed by atoms with Crippen LogP contribution >= 0.6 is 7.82 Å². The highest BCUT2D eigenvalue weighted by atomic mass is 31.2. The summed E-state index contributed by atoms with van der Waals surface area (Å²) in [6.45, 7) is 4.26. The standard InChI is InChI=1S/C43H86NO7P/c1-3-5-7-9-11-13-15-17-19-21-22-24-26-28-30-32-34-36-43(45)49-40-42(41-51-52(46,47)50-39-37-44)48-38-35-33-31-29-27-25-23-20-18-16-14-12-10-8-6-4-2/h35,38,42H,3-34,36-37,39-41,44H2,1-2H3,(H,46,47)/t42-/m1/s1. The van der Waals surface area contributed by atoms with Crippen molar-refractivity contribution in [3.8, 4) is 0 Å². The van der Waals surface area contributed by atoms with Crippen LogP contribution in [0.25, 0.3) is 0 Å². The molecule has 0 aliphatic carbocycles. The van der Waals surface area contributed by atoms with Crippen LogP contribution in [-0.4, -0.2) is 43.3 Å². The number of nitrogens with two attached hydrogens (primary N) is 1. The quantitative estimate of drug-likeness (QED) is 0.0273. The minimum absolute atomic E-state index is 0.0577. The van der Waals surface area contributed by atoms with Gasteiger partial charge in [-0.2, -0.15) is 0 Å². The molecule has 52 heavy (non-hydrogen) atoms. The maximum atomic E-state index is 12.4. The SMILES string of the molecule is CCCCCCCCCCCCCCCCC=CO[C@H](COC(=O)CCCCCCCCCCCCCCCCCCC)COP(=O)(O)OCCN. The Morgan fingerprint density at radius 3 is 1.37 bits per heavy atom. The van der Waals surface area contributed by atoms with Gasteiger partial charge >= 0.3 is 13.8 Å². The normalized spacial score (nSPS) is 13.5. The Bertz CT molecular complexity index is 812. The largest absolute Gasteiger partial charge is 0.492 e. The fraction of sp³-hybridized carbons (Fsp3) is 0.930. The number of phosphoric acid groups is 1. The summed E-state index contributed by atoms with van der Waals surface area (Å²) < 4.78 is 33.2. The molecule has 0 amide bonds. The third kappa shape index (κ3) is 40.3. The second-order valence-corrected chi connectivity index (χ2v) is 16.4. The predicted molar refractivity (Wildman–Crippen MR) is 219 cm³/mol. The minimum atomic E-state index is -4.26. The van der Waals surface area contributed by atoms with E-state index < -0.39 is 13.9 Å². The van der Waals surface area contributed by atoms with Gasteiger partial charge in [0.1, 0.15) is 6.61 Å². The van der Waals surface area contributed by atoms with Crippen molar-refractivity contribution in [1.29, 1.82) is 0 Å². The van der Waals surface area contributed by atoms with Gasteiger partial charge in [0.2, 0.25) is 0 Å². The van der Waals surface area contributed by atoms with Crippen molar-refractivity contribution in [2.75, 3.05) is 26.4 Å². The van der Waals surface area contributed by atoms with Gasteiger partial charge < -0.3 is 20.1 Å². The van der Waals surface area contributed by atoms with Crippen LogP contribution in [0.2, 0.25) is 0 Å². The fourth-order valence-corrected chi connectivity index (χ4v) is 7.22. The van der Waals surface area contributed by atoms with Crippen LogP contribution in [-0.2, 0) is 27.9 Å². The Morgan fingerprint density at radius 1 is 0.577 bits per heavy atom. The van der Waals surface area contributed by atoms with Crippen molar-refractivity contribution in [3.05, 3.63) is 12.3 Å². The molecule has 0 radical (unpaired) electrons. The third-order valence-electron chi connectivity index (χ3n) is 9.80. The first-order chi connectivity index (χ1) is 25.4. The molecule has 0 bridgehead atoms. The molecule has 0 spiro atoms. The molecule has 1 unspecified atom stereocenters. The monoisotopic (exact) mass is 760 g/mol. The second kappa shape index (κ2) is 41.2. The molecule has 0 heterocycles. The summed E-state index contributed by atoms with van der Waals surface area (Å²) in [6.07, 6.45) is 44.7. The van der Waals surface area contributed by atoms with E-state index in [1.54, 1.807) is 6.26 Å². The first kappa shape index (κ1) is 51.1. The molecule has 0 aliphatic heterocycles. The Kier molecular flexibility index (Phi) is 40.5. The van der Waals surface area contributed by atoms with Crippen LogP contribution in [0.15, 0.2) is 12.3 Å². The first-order valence-electron chi connectivity index (χ1n) is 22.2. The van der Waals surface area contributed by atoms with Gasteiger partial charge in [0.15, 0.2) is 6.10 Å². The lowest BCUT2D eigenvalue weighted by Gasteiger charge is -2.19. The Hall–Kier alpha value is -0.920. The minimum Gasteiger partial charge on any atom is -0.492 e. The van der Waals surface area contributed by atoms with E-state index in [1.165, 1.54) is 173 Å².